The van der Waals surface area contributed by atoms with Gasteiger partial charge in [-0.25, -0.2) is 9.38 Å². The summed E-state index contributed by atoms with van der Waals surface area (Å²) in [4.78, 5) is 7.29. The van der Waals surface area contributed by atoms with Gasteiger partial charge in [0.15, 0.2) is 0 Å². The number of fused-ring (bicyclic) bond motifs is 1. The second-order valence-corrected chi connectivity index (χ2v) is 7.97. The zero-order valence-electron chi connectivity index (χ0n) is 16.0. The maximum absolute atomic E-state index is 13.5. The number of hydrogen-bond donors (Lipinski definition) is 1. The lowest BCUT2D eigenvalue weighted by atomic mass is 9.88. The Balaban J connectivity index is 1.48. The van der Waals surface area contributed by atoms with Crippen molar-refractivity contribution in [2.24, 2.45) is 10.9 Å². The highest BCUT2D eigenvalue weighted by atomic mass is 19.1. The first-order valence-electron chi connectivity index (χ1n) is 10.3. The number of nitrogens with one attached hydrogen (secondary N) is 1. The van der Waals surface area contributed by atoms with Gasteiger partial charge in [0.05, 0.1) is 12.1 Å². The first-order chi connectivity index (χ1) is 13.8. The second kappa shape index (κ2) is 7.55. The van der Waals surface area contributed by atoms with Crippen LogP contribution in [0.3, 0.4) is 0 Å². The molecule has 1 saturated heterocycles. The molecule has 146 valence electrons. The summed E-state index contributed by atoms with van der Waals surface area (Å²) >= 11 is 0. The van der Waals surface area contributed by atoms with Crippen molar-refractivity contribution in [1.29, 1.82) is 0 Å². The van der Waals surface area contributed by atoms with Crippen molar-refractivity contribution in [1.82, 2.24) is 10.2 Å². The van der Waals surface area contributed by atoms with Gasteiger partial charge in [-0.3, -0.25) is 0 Å². The molecule has 0 unspecified atom stereocenters. The molecular weight excluding hydrogens is 353 g/mol. The van der Waals surface area contributed by atoms with Gasteiger partial charge in [-0.15, -0.1) is 0 Å². The number of amidine groups is 1. The van der Waals surface area contributed by atoms with E-state index in [1.165, 1.54) is 11.1 Å². The molecule has 0 aromatic heterocycles. The van der Waals surface area contributed by atoms with Crippen LogP contribution in [0.4, 0.5) is 4.39 Å². The molecule has 3 heterocycles. The first-order valence-corrected chi connectivity index (χ1v) is 10.3. The fourth-order valence-corrected chi connectivity index (χ4v) is 4.78. The predicted molar refractivity (Wildman–Crippen MR) is 108 cm³/mol. The van der Waals surface area contributed by atoms with E-state index in [4.69, 9.17) is 9.73 Å². The zero-order valence-corrected chi connectivity index (χ0v) is 16.0. The third-order valence-electron chi connectivity index (χ3n) is 6.30. The SMILES string of the molecule is Fc1ccc([C@H]2c3ccccc3CCN2C2=N[C@@H](C3CCNCC3)CO2)cc1. The molecule has 4 nitrogen and oxygen atoms in total. The number of piperidine rings is 1. The van der Waals surface area contributed by atoms with E-state index in [0.29, 0.717) is 12.5 Å². The van der Waals surface area contributed by atoms with Gasteiger partial charge in [0.25, 0.3) is 6.02 Å². The summed E-state index contributed by atoms with van der Waals surface area (Å²) in [5.41, 5.74) is 3.68. The standard InChI is InChI=1S/C23H26FN3O/c24-19-7-5-18(6-8-19)22-20-4-2-1-3-16(20)11-14-27(22)23-26-21(15-28-23)17-9-12-25-13-10-17/h1-8,17,21-22,25H,9-15H2/t21-,22+/m1/s1. The largest absolute Gasteiger partial charge is 0.463 e. The van der Waals surface area contributed by atoms with Gasteiger partial charge in [0, 0.05) is 6.54 Å². The number of hydrogen-bond acceptors (Lipinski definition) is 4. The Hall–Kier alpha value is -2.40. The molecule has 2 aromatic carbocycles. The summed E-state index contributed by atoms with van der Waals surface area (Å²) in [5.74, 6) is 0.389. The van der Waals surface area contributed by atoms with Crippen LogP contribution in [-0.4, -0.2) is 43.2 Å². The van der Waals surface area contributed by atoms with Gasteiger partial charge in [-0.05, 0) is 67.1 Å². The van der Waals surface area contributed by atoms with Crippen LogP contribution < -0.4 is 5.32 Å². The molecule has 1 fully saturated rings. The molecule has 0 spiro atoms. The highest BCUT2D eigenvalue weighted by Gasteiger charge is 2.36. The molecule has 5 rings (SSSR count). The van der Waals surface area contributed by atoms with E-state index in [-0.39, 0.29) is 17.9 Å². The lowest BCUT2D eigenvalue weighted by molar-refractivity contribution is 0.204. The smallest absolute Gasteiger partial charge is 0.288 e. The Kier molecular flexibility index (Phi) is 4.77. The average Bonchev–Trinajstić information content (AvgIpc) is 3.24. The summed E-state index contributed by atoms with van der Waals surface area (Å²) in [6.45, 7) is 3.67. The molecule has 0 radical (unpaired) electrons. The maximum atomic E-state index is 13.5. The van der Waals surface area contributed by atoms with E-state index < -0.39 is 0 Å². The lowest BCUT2D eigenvalue weighted by Crippen LogP contribution is -2.40. The Bertz CT molecular complexity index is 860. The monoisotopic (exact) mass is 379 g/mol. The molecular formula is C23H26FN3O. The van der Waals surface area contributed by atoms with Gasteiger partial charge in [-0.2, -0.15) is 0 Å². The molecule has 0 amide bonds. The molecule has 0 bridgehead atoms. The normalized spacial score (nSPS) is 25.2. The van der Waals surface area contributed by atoms with Crippen LogP contribution in [0.15, 0.2) is 53.5 Å². The molecule has 0 saturated carbocycles. The Morgan fingerprint density at radius 2 is 1.82 bits per heavy atom. The summed E-state index contributed by atoms with van der Waals surface area (Å²) in [6, 6.07) is 16.4. The number of rotatable bonds is 2. The highest BCUT2D eigenvalue weighted by molar-refractivity contribution is 5.77. The van der Waals surface area contributed by atoms with Crippen LogP contribution in [0.5, 0.6) is 0 Å². The molecule has 0 aliphatic carbocycles. The Labute approximate surface area is 165 Å². The topological polar surface area (TPSA) is 36.9 Å². The summed E-state index contributed by atoms with van der Waals surface area (Å²) in [6.07, 6.45) is 3.29. The predicted octanol–water partition coefficient (Wildman–Crippen LogP) is 3.53. The van der Waals surface area contributed by atoms with Crippen LogP contribution in [-0.2, 0) is 11.2 Å². The fourth-order valence-electron chi connectivity index (χ4n) is 4.78. The molecule has 5 heteroatoms. The van der Waals surface area contributed by atoms with E-state index in [1.807, 2.05) is 12.1 Å². The second-order valence-electron chi connectivity index (χ2n) is 7.97. The number of halogens is 1. The van der Waals surface area contributed by atoms with Gasteiger partial charge in [0.1, 0.15) is 12.4 Å². The lowest BCUT2D eigenvalue weighted by Gasteiger charge is -2.38. The van der Waals surface area contributed by atoms with Crippen LogP contribution in [0.2, 0.25) is 0 Å². The Morgan fingerprint density at radius 1 is 1.04 bits per heavy atom. The van der Waals surface area contributed by atoms with E-state index in [1.54, 1.807) is 12.1 Å². The number of benzene rings is 2. The van der Waals surface area contributed by atoms with Crippen molar-refractivity contribution >= 4 is 6.02 Å². The van der Waals surface area contributed by atoms with Crippen molar-refractivity contribution in [2.45, 2.75) is 31.3 Å². The number of ether oxygens (including phenoxy) is 1. The van der Waals surface area contributed by atoms with Gasteiger partial charge >= 0.3 is 0 Å². The Morgan fingerprint density at radius 3 is 2.64 bits per heavy atom. The molecule has 2 atom stereocenters. The average molecular weight is 379 g/mol. The zero-order chi connectivity index (χ0) is 18.9. The summed E-state index contributed by atoms with van der Waals surface area (Å²) in [7, 11) is 0. The van der Waals surface area contributed by atoms with E-state index in [9.17, 15) is 4.39 Å². The van der Waals surface area contributed by atoms with E-state index in [0.717, 1.165) is 50.5 Å². The van der Waals surface area contributed by atoms with Gasteiger partial charge in [-0.1, -0.05) is 36.4 Å². The van der Waals surface area contributed by atoms with Crippen LogP contribution in [0.25, 0.3) is 0 Å². The van der Waals surface area contributed by atoms with Crippen molar-refractivity contribution in [3.8, 4) is 0 Å². The summed E-state index contributed by atoms with van der Waals surface area (Å²) in [5, 5.41) is 3.43. The van der Waals surface area contributed by atoms with Gasteiger partial charge in [0.2, 0.25) is 0 Å². The van der Waals surface area contributed by atoms with Crippen molar-refractivity contribution < 1.29 is 9.13 Å². The van der Waals surface area contributed by atoms with Crippen LogP contribution in [0.1, 0.15) is 35.6 Å². The highest BCUT2D eigenvalue weighted by Crippen LogP contribution is 2.37. The van der Waals surface area contributed by atoms with Crippen LogP contribution >= 0.6 is 0 Å². The van der Waals surface area contributed by atoms with Gasteiger partial charge < -0.3 is 15.0 Å². The molecule has 3 aliphatic rings. The quantitative estimate of drug-likeness (QED) is 0.867. The third kappa shape index (κ3) is 3.28. The minimum absolute atomic E-state index is 0.0103. The number of nitrogens with zero attached hydrogens (tertiary/aromatic N) is 2. The first kappa shape index (κ1) is 17.7. The van der Waals surface area contributed by atoms with Crippen molar-refractivity contribution in [3.63, 3.8) is 0 Å². The molecule has 28 heavy (non-hydrogen) atoms. The molecule has 2 aromatic rings. The number of aliphatic imine (C=N–C) groups is 1. The van der Waals surface area contributed by atoms with Crippen molar-refractivity contribution in [3.05, 3.63) is 71.0 Å². The van der Waals surface area contributed by atoms with E-state index in [2.05, 4.69) is 34.5 Å². The van der Waals surface area contributed by atoms with Crippen LogP contribution in [0, 0.1) is 11.7 Å². The fraction of sp³-hybridized carbons (Fsp3) is 0.435. The molecule has 3 aliphatic heterocycles. The summed E-state index contributed by atoms with van der Waals surface area (Å²) < 4.78 is 19.7. The third-order valence-corrected chi connectivity index (χ3v) is 6.30. The minimum Gasteiger partial charge on any atom is -0.463 e. The minimum atomic E-state index is -0.208. The maximum Gasteiger partial charge on any atom is 0.288 e. The van der Waals surface area contributed by atoms with E-state index >= 15 is 0 Å². The molecule has 1 N–H and O–H groups in total. The van der Waals surface area contributed by atoms with Crippen molar-refractivity contribution in [2.75, 3.05) is 26.2 Å².